The van der Waals surface area contributed by atoms with Gasteiger partial charge < -0.3 is 15.7 Å². The van der Waals surface area contributed by atoms with Gasteiger partial charge in [-0.05, 0) is 25.0 Å². The van der Waals surface area contributed by atoms with Crippen molar-refractivity contribution in [2.75, 3.05) is 12.3 Å². The Balaban J connectivity index is 2.15. The number of pyridine rings is 1. The summed E-state index contributed by atoms with van der Waals surface area (Å²) in [5.74, 6) is -1.37. The fourth-order valence-corrected chi connectivity index (χ4v) is 1.58. The lowest BCUT2D eigenvalue weighted by Crippen LogP contribution is -2.37. The lowest BCUT2D eigenvalue weighted by molar-refractivity contribution is -0.137. The normalized spacial score (nSPS) is 14.4. The first-order valence-corrected chi connectivity index (χ1v) is 5.32. The number of nitrogens with two attached hydrogens (primary N) is 1. The number of amides is 1. The van der Waals surface area contributed by atoms with Gasteiger partial charge in [0.25, 0.3) is 5.91 Å². The molecule has 0 bridgehead atoms. The number of carbonyl (C=O) groups excluding carboxylic acids is 1. The minimum atomic E-state index is -1.01. The molecule has 3 N–H and O–H groups in total. The number of rotatable bonds is 4. The Kier molecular flexibility index (Phi) is 2.95. The topological polar surface area (TPSA) is 96.5 Å². The fourth-order valence-electron chi connectivity index (χ4n) is 1.58. The third-order valence-corrected chi connectivity index (χ3v) is 2.56. The smallest absolute Gasteiger partial charge is 0.323 e. The van der Waals surface area contributed by atoms with Gasteiger partial charge in [-0.25, -0.2) is 4.98 Å². The number of aromatic nitrogens is 1. The van der Waals surface area contributed by atoms with Crippen LogP contribution in [0, 0.1) is 0 Å². The molecule has 90 valence electrons. The van der Waals surface area contributed by atoms with Crippen LogP contribution in [0.25, 0.3) is 0 Å². The molecule has 0 atom stereocenters. The van der Waals surface area contributed by atoms with E-state index in [1.54, 1.807) is 6.07 Å². The van der Waals surface area contributed by atoms with E-state index in [4.69, 9.17) is 10.8 Å². The predicted octanol–water partition coefficient (Wildman–Crippen LogP) is 0.353. The first kappa shape index (κ1) is 11.4. The standard InChI is InChI=1S/C11H13N3O3/c12-7-1-4-9(13-5-7)11(17)14(6-10(15)16)8-2-3-8/h1,4-5,8H,2-3,6,12H2,(H,15,16). The number of carbonyl (C=O) groups is 2. The van der Waals surface area contributed by atoms with Crippen molar-refractivity contribution >= 4 is 17.6 Å². The van der Waals surface area contributed by atoms with E-state index in [1.165, 1.54) is 17.2 Å². The molecule has 0 aromatic carbocycles. The van der Waals surface area contributed by atoms with Crippen LogP contribution >= 0.6 is 0 Å². The molecule has 0 radical (unpaired) electrons. The number of aliphatic carboxylic acids is 1. The zero-order valence-corrected chi connectivity index (χ0v) is 9.17. The van der Waals surface area contributed by atoms with Crippen LogP contribution in [-0.4, -0.2) is 39.5 Å². The van der Waals surface area contributed by atoms with Crippen molar-refractivity contribution in [2.45, 2.75) is 18.9 Å². The lowest BCUT2D eigenvalue weighted by atomic mass is 10.3. The van der Waals surface area contributed by atoms with E-state index in [-0.39, 0.29) is 24.2 Å². The van der Waals surface area contributed by atoms with E-state index in [9.17, 15) is 9.59 Å². The second-order valence-electron chi connectivity index (χ2n) is 4.03. The van der Waals surface area contributed by atoms with Gasteiger partial charge in [0, 0.05) is 6.04 Å². The highest BCUT2D eigenvalue weighted by Gasteiger charge is 2.34. The summed E-state index contributed by atoms with van der Waals surface area (Å²) in [6.07, 6.45) is 3.10. The molecular weight excluding hydrogens is 222 g/mol. The maximum absolute atomic E-state index is 12.0. The van der Waals surface area contributed by atoms with Crippen LogP contribution in [0.1, 0.15) is 23.3 Å². The van der Waals surface area contributed by atoms with Crippen molar-refractivity contribution in [3.63, 3.8) is 0 Å². The monoisotopic (exact) mass is 235 g/mol. The maximum atomic E-state index is 12.0. The molecule has 0 spiro atoms. The van der Waals surface area contributed by atoms with Crippen molar-refractivity contribution < 1.29 is 14.7 Å². The van der Waals surface area contributed by atoms with Gasteiger partial charge in [0.2, 0.25) is 0 Å². The highest BCUT2D eigenvalue weighted by atomic mass is 16.4. The largest absolute Gasteiger partial charge is 0.480 e. The second kappa shape index (κ2) is 4.40. The van der Waals surface area contributed by atoms with Gasteiger partial charge in [-0.15, -0.1) is 0 Å². The number of carboxylic acid groups (broad SMARTS) is 1. The van der Waals surface area contributed by atoms with Crippen molar-refractivity contribution in [1.82, 2.24) is 9.88 Å². The van der Waals surface area contributed by atoms with Crippen LogP contribution in [0.4, 0.5) is 5.69 Å². The summed E-state index contributed by atoms with van der Waals surface area (Å²) < 4.78 is 0. The summed E-state index contributed by atoms with van der Waals surface area (Å²) in [4.78, 5) is 28.0. The molecule has 1 saturated carbocycles. The first-order valence-electron chi connectivity index (χ1n) is 5.32. The average Bonchev–Trinajstić information content (AvgIpc) is 3.09. The molecule has 1 fully saturated rings. The van der Waals surface area contributed by atoms with Crippen LogP contribution < -0.4 is 5.73 Å². The third-order valence-electron chi connectivity index (χ3n) is 2.56. The number of hydrogen-bond donors (Lipinski definition) is 2. The molecule has 0 unspecified atom stereocenters. The maximum Gasteiger partial charge on any atom is 0.323 e. The van der Waals surface area contributed by atoms with Gasteiger partial charge in [0.15, 0.2) is 0 Å². The van der Waals surface area contributed by atoms with Crippen LogP contribution in [0.15, 0.2) is 18.3 Å². The minimum absolute atomic E-state index is 0.0398. The Morgan fingerprint density at radius 3 is 2.65 bits per heavy atom. The summed E-state index contributed by atoms with van der Waals surface area (Å²) in [6.45, 7) is -0.282. The van der Waals surface area contributed by atoms with E-state index >= 15 is 0 Å². The van der Waals surface area contributed by atoms with Crippen molar-refractivity contribution in [2.24, 2.45) is 0 Å². The molecule has 1 aliphatic rings. The molecular formula is C11H13N3O3. The van der Waals surface area contributed by atoms with Crippen LogP contribution in [-0.2, 0) is 4.79 Å². The fraction of sp³-hybridized carbons (Fsp3) is 0.364. The van der Waals surface area contributed by atoms with Crippen molar-refractivity contribution in [1.29, 1.82) is 0 Å². The van der Waals surface area contributed by atoms with Gasteiger partial charge in [-0.1, -0.05) is 0 Å². The van der Waals surface area contributed by atoms with Gasteiger partial charge in [-0.2, -0.15) is 0 Å². The second-order valence-corrected chi connectivity index (χ2v) is 4.03. The van der Waals surface area contributed by atoms with E-state index in [0.717, 1.165) is 12.8 Å². The summed E-state index contributed by atoms with van der Waals surface area (Å²) in [5.41, 5.74) is 6.17. The Bertz CT molecular complexity index is 440. The van der Waals surface area contributed by atoms with Crippen LogP contribution in [0.2, 0.25) is 0 Å². The third kappa shape index (κ3) is 2.72. The number of carboxylic acids is 1. The summed E-state index contributed by atoms with van der Waals surface area (Å²) in [5, 5.41) is 8.77. The molecule has 1 heterocycles. The minimum Gasteiger partial charge on any atom is -0.480 e. The number of hydrogen-bond acceptors (Lipinski definition) is 4. The van der Waals surface area contributed by atoms with E-state index in [0.29, 0.717) is 5.69 Å². The quantitative estimate of drug-likeness (QED) is 0.785. The Labute approximate surface area is 98.1 Å². The molecule has 1 aromatic heterocycles. The number of anilines is 1. The number of nitrogens with zero attached hydrogens (tertiary/aromatic N) is 2. The molecule has 1 aromatic rings. The summed E-state index contributed by atoms with van der Waals surface area (Å²) in [7, 11) is 0. The Morgan fingerprint density at radius 2 is 2.18 bits per heavy atom. The van der Waals surface area contributed by atoms with E-state index in [2.05, 4.69) is 4.98 Å². The van der Waals surface area contributed by atoms with Gasteiger partial charge in [0.1, 0.15) is 12.2 Å². The number of nitrogen functional groups attached to an aromatic ring is 1. The highest BCUT2D eigenvalue weighted by Crippen LogP contribution is 2.27. The molecule has 0 saturated heterocycles. The SMILES string of the molecule is Nc1ccc(C(=O)N(CC(=O)O)C2CC2)nc1. The molecule has 1 aliphatic carbocycles. The summed E-state index contributed by atoms with van der Waals surface area (Å²) in [6, 6.07) is 3.12. The van der Waals surface area contributed by atoms with E-state index < -0.39 is 5.97 Å². The highest BCUT2D eigenvalue weighted by molar-refractivity contribution is 5.94. The molecule has 6 nitrogen and oxygen atoms in total. The predicted molar refractivity (Wildman–Crippen MR) is 60.3 cm³/mol. The average molecular weight is 235 g/mol. The van der Waals surface area contributed by atoms with Gasteiger partial charge in [-0.3, -0.25) is 9.59 Å². The molecule has 0 aliphatic heterocycles. The van der Waals surface area contributed by atoms with Gasteiger partial charge >= 0.3 is 5.97 Å². The van der Waals surface area contributed by atoms with Crippen LogP contribution in [0.3, 0.4) is 0 Å². The molecule has 6 heteroatoms. The van der Waals surface area contributed by atoms with Crippen molar-refractivity contribution in [3.8, 4) is 0 Å². The van der Waals surface area contributed by atoms with Gasteiger partial charge in [0.05, 0.1) is 11.9 Å². The van der Waals surface area contributed by atoms with Crippen molar-refractivity contribution in [3.05, 3.63) is 24.0 Å². The zero-order valence-electron chi connectivity index (χ0n) is 9.17. The molecule has 1 amide bonds. The lowest BCUT2D eigenvalue weighted by Gasteiger charge is -2.19. The first-order chi connectivity index (χ1) is 8.08. The molecule has 17 heavy (non-hydrogen) atoms. The molecule has 2 rings (SSSR count). The Hall–Kier alpha value is -2.11. The van der Waals surface area contributed by atoms with E-state index in [1.807, 2.05) is 0 Å². The summed E-state index contributed by atoms with van der Waals surface area (Å²) >= 11 is 0. The zero-order chi connectivity index (χ0) is 12.4. The Morgan fingerprint density at radius 1 is 1.47 bits per heavy atom. The van der Waals surface area contributed by atoms with Crippen LogP contribution in [0.5, 0.6) is 0 Å².